The van der Waals surface area contributed by atoms with Gasteiger partial charge in [0.1, 0.15) is 11.6 Å². The maximum absolute atomic E-state index is 12.4. The number of amides is 1. The molecule has 2 aliphatic heterocycles. The van der Waals surface area contributed by atoms with Gasteiger partial charge in [0, 0.05) is 31.9 Å². The van der Waals surface area contributed by atoms with Crippen LogP contribution in [0.5, 0.6) is 0 Å². The van der Waals surface area contributed by atoms with Gasteiger partial charge in [-0.15, -0.1) is 0 Å². The molecule has 1 amide bonds. The highest BCUT2D eigenvalue weighted by Crippen LogP contribution is 2.21. The molecule has 0 aromatic heterocycles. The van der Waals surface area contributed by atoms with Crippen molar-refractivity contribution in [2.45, 2.75) is 12.8 Å². The SMILES string of the molecule is N#C/C(=C/c1ccc(N2CCCC2)cc1)C(=O)N1CCOCC1. The van der Waals surface area contributed by atoms with Gasteiger partial charge in [-0.3, -0.25) is 4.79 Å². The predicted molar refractivity (Wildman–Crippen MR) is 88.9 cm³/mol. The van der Waals surface area contributed by atoms with Crippen molar-refractivity contribution in [3.05, 3.63) is 35.4 Å². The average molecular weight is 311 g/mol. The third-order valence-corrected chi connectivity index (χ3v) is 4.32. The Kier molecular flexibility index (Phi) is 4.94. The van der Waals surface area contributed by atoms with Gasteiger partial charge in [0.2, 0.25) is 0 Å². The van der Waals surface area contributed by atoms with Gasteiger partial charge in [-0.1, -0.05) is 12.1 Å². The van der Waals surface area contributed by atoms with Gasteiger partial charge in [0.25, 0.3) is 5.91 Å². The van der Waals surface area contributed by atoms with Crippen LogP contribution in [0, 0.1) is 11.3 Å². The monoisotopic (exact) mass is 311 g/mol. The maximum atomic E-state index is 12.4. The summed E-state index contributed by atoms with van der Waals surface area (Å²) in [7, 11) is 0. The van der Waals surface area contributed by atoms with E-state index < -0.39 is 0 Å². The molecular formula is C18H21N3O2. The number of nitrogens with zero attached hydrogens (tertiary/aromatic N) is 3. The number of hydrogen-bond acceptors (Lipinski definition) is 4. The summed E-state index contributed by atoms with van der Waals surface area (Å²) in [6.45, 7) is 4.38. The number of hydrogen-bond donors (Lipinski definition) is 0. The Labute approximate surface area is 136 Å². The molecule has 0 radical (unpaired) electrons. The van der Waals surface area contributed by atoms with Crippen LogP contribution in [0.3, 0.4) is 0 Å². The molecule has 0 saturated carbocycles. The van der Waals surface area contributed by atoms with E-state index in [9.17, 15) is 10.1 Å². The zero-order valence-electron chi connectivity index (χ0n) is 13.2. The van der Waals surface area contributed by atoms with Gasteiger partial charge in [-0.2, -0.15) is 5.26 Å². The zero-order valence-corrected chi connectivity index (χ0v) is 13.2. The Bertz CT molecular complexity index is 619. The van der Waals surface area contributed by atoms with Crippen LogP contribution in [0.1, 0.15) is 18.4 Å². The minimum Gasteiger partial charge on any atom is -0.378 e. The van der Waals surface area contributed by atoms with Crippen molar-refractivity contribution in [2.24, 2.45) is 0 Å². The lowest BCUT2D eigenvalue weighted by atomic mass is 10.1. The second-order valence-corrected chi connectivity index (χ2v) is 5.86. The smallest absolute Gasteiger partial charge is 0.264 e. The molecule has 120 valence electrons. The lowest BCUT2D eigenvalue weighted by Gasteiger charge is -2.26. The predicted octanol–water partition coefficient (Wildman–Crippen LogP) is 2.05. The molecule has 0 aliphatic carbocycles. The molecule has 2 heterocycles. The molecule has 3 rings (SSSR count). The summed E-state index contributed by atoms with van der Waals surface area (Å²) >= 11 is 0. The molecule has 2 fully saturated rings. The van der Waals surface area contributed by atoms with Crippen LogP contribution in [0.25, 0.3) is 6.08 Å². The second kappa shape index (κ2) is 7.30. The first-order chi connectivity index (χ1) is 11.3. The van der Waals surface area contributed by atoms with Crippen molar-refractivity contribution in [3.63, 3.8) is 0 Å². The van der Waals surface area contributed by atoms with Crippen molar-refractivity contribution >= 4 is 17.7 Å². The summed E-state index contributed by atoms with van der Waals surface area (Å²) in [5.74, 6) is -0.209. The topological polar surface area (TPSA) is 56.6 Å². The van der Waals surface area contributed by atoms with Crippen molar-refractivity contribution in [3.8, 4) is 6.07 Å². The molecule has 23 heavy (non-hydrogen) atoms. The van der Waals surface area contributed by atoms with E-state index in [0.717, 1.165) is 18.7 Å². The summed E-state index contributed by atoms with van der Waals surface area (Å²) in [6.07, 6.45) is 4.16. The molecule has 2 saturated heterocycles. The number of carbonyl (C=O) groups is 1. The molecule has 5 heteroatoms. The minimum absolute atomic E-state index is 0.181. The molecule has 1 aromatic carbocycles. The Morgan fingerprint density at radius 3 is 2.35 bits per heavy atom. The summed E-state index contributed by atoms with van der Waals surface area (Å²) in [4.78, 5) is 16.4. The number of benzene rings is 1. The van der Waals surface area contributed by atoms with E-state index in [1.807, 2.05) is 18.2 Å². The van der Waals surface area contributed by atoms with E-state index in [-0.39, 0.29) is 11.5 Å². The van der Waals surface area contributed by atoms with Crippen LogP contribution in [-0.4, -0.2) is 50.2 Å². The van der Waals surface area contributed by atoms with Crippen molar-refractivity contribution in [1.29, 1.82) is 5.26 Å². The summed E-state index contributed by atoms with van der Waals surface area (Å²) in [6, 6.07) is 10.1. The Morgan fingerprint density at radius 1 is 1.09 bits per heavy atom. The third-order valence-electron chi connectivity index (χ3n) is 4.32. The highest BCUT2D eigenvalue weighted by molar-refractivity contribution is 6.01. The third kappa shape index (κ3) is 3.72. The van der Waals surface area contributed by atoms with Crippen LogP contribution >= 0.6 is 0 Å². The highest BCUT2D eigenvalue weighted by atomic mass is 16.5. The molecule has 1 aromatic rings. The van der Waals surface area contributed by atoms with Crippen LogP contribution in [0.15, 0.2) is 29.8 Å². The van der Waals surface area contributed by atoms with E-state index in [1.54, 1.807) is 11.0 Å². The number of rotatable bonds is 3. The van der Waals surface area contributed by atoms with E-state index in [2.05, 4.69) is 17.0 Å². The summed E-state index contributed by atoms with van der Waals surface area (Å²) in [5.41, 5.74) is 2.27. The van der Waals surface area contributed by atoms with E-state index in [4.69, 9.17) is 4.74 Å². The first-order valence-corrected chi connectivity index (χ1v) is 8.12. The molecule has 5 nitrogen and oxygen atoms in total. The number of nitriles is 1. The molecule has 0 unspecified atom stereocenters. The normalized spacial score (nSPS) is 18.8. The fourth-order valence-electron chi connectivity index (χ4n) is 3.00. The van der Waals surface area contributed by atoms with Gasteiger partial charge in [0.05, 0.1) is 13.2 Å². The second-order valence-electron chi connectivity index (χ2n) is 5.86. The zero-order chi connectivity index (χ0) is 16.1. The number of morpholine rings is 1. The summed E-state index contributed by atoms with van der Waals surface area (Å²) in [5, 5.41) is 9.31. The molecule has 0 spiro atoms. The first-order valence-electron chi connectivity index (χ1n) is 8.12. The van der Waals surface area contributed by atoms with E-state index in [1.165, 1.54) is 18.5 Å². The van der Waals surface area contributed by atoms with Crippen molar-refractivity contribution < 1.29 is 9.53 Å². The standard InChI is InChI=1S/C18H21N3O2/c19-14-16(18(22)21-9-11-23-12-10-21)13-15-3-5-17(6-4-15)20-7-1-2-8-20/h3-6,13H,1-2,7-12H2/b16-13-. The van der Waals surface area contributed by atoms with Gasteiger partial charge in [-0.05, 0) is 36.6 Å². The lowest BCUT2D eigenvalue weighted by Crippen LogP contribution is -2.41. The molecule has 0 bridgehead atoms. The van der Waals surface area contributed by atoms with Gasteiger partial charge < -0.3 is 14.5 Å². The molecular weight excluding hydrogens is 290 g/mol. The van der Waals surface area contributed by atoms with Crippen LogP contribution in [0.2, 0.25) is 0 Å². The summed E-state index contributed by atoms with van der Waals surface area (Å²) < 4.78 is 5.24. The van der Waals surface area contributed by atoms with E-state index >= 15 is 0 Å². The van der Waals surface area contributed by atoms with Gasteiger partial charge in [0.15, 0.2) is 0 Å². The molecule has 2 aliphatic rings. The lowest BCUT2D eigenvalue weighted by molar-refractivity contribution is -0.130. The minimum atomic E-state index is -0.209. The number of ether oxygens (including phenoxy) is 1. The Morgan fingerprint density at radius 2 is 1.74 bits per heavy atom. The molecule has 0 N–H and O–H groups in total. The van der Waals surface area contributed by atoms with Crippen molar-refractivity contribution in [1.82, 2.24) is 4.90 Å². The largest absolute Gasteiger partial charge is 0.378 e. The van der Waals surface area contributed by atoms with Crippen LogP contribution in [0.4, 0.5) is 5.69 Å². The van der Waals surface area contributed by atoms with Gasteiger partial charge >= 0.3 is 0 Å². The van der Waals surface area contributed by atoms with Crippen molar-refractivity contribution in [2.75, 3.05) is 44.3 Å². The molecule has 0 atom stereocenters. The maximum Gasteiger partial charge on any atom is 0.264 e. The fourth-order valence-corrected chi connectivity index (χ4v) is 3.00. The number of carbonyl (C=O) groups excluding carboxylic acids is 1. The van der Waals surface area contributed by atoms with Crippen LogP contribution < -0.4 is 4.90 Å². The Hall–Kier alpha value is -2.32. The van der Waals surface area contributed by atoms with Gasteiger partial charge in [-0.25, -0.2) is 0 Å². The van der Waals surface area contributed by atoms with Crippen LogP contribution in [-0.2, 0) is 9.53 Å². The average Bonchev–Trinajstić information content (AvgIpc) is 3.15. The van der Waals surface area contributed by atoms with E-state index in [0.29, 0.717) is 26.3 Å². The highest BCUT2D eigenvalue weighted by Gasteiger charge is 2.20. The fraction of sp³-hybridized carbons (Fsp3) is 0.444. The first kappa shape index (κ1) is 15.6. The quantitative estimate of drug-likeness (QED) is 0.633. The Balaban J connectivity index is 1.72. The number of anilines is 1.